The highest BCUT2D eigenvalue weighted by Crippen LogP contribution is 2.32. The highest BCUT2D eigenvalue weighted by molar-refractivity contribution is 5.88. The van der Waals surface area contributed by atoms with Crippen molar-refractivity contribution in [2.45, 2.75) is 6.92 Å². The molecule has 0 saturated carbocycles. The van der Waals surface area contributed by atoms with Gasteiger partial charge in [-0.1, -0.05) is 12.1 Å². The van der Waals surface area contributed by atoms with Gasteiger partial charge >= 0.3 is 0 Å². The van der Waals surface area contributed by atoms with E-state index in [4.69, 9.17) is 9.47 Å². The molecule has 1 aromatic heterocycles. The molecule has 3 rings (SSSR count). The first-order valence-electron chi connectivity index (χ1n) is 8.02. The molecule has 0 fully saturated rings. The van der Waals surface area contributed by atoms with Crippen molar-refractivity contribution in [1.29, 1.82) is 5.26 Å². The maximum Gasteiger partial charge on any atom is 0.123 e. The Balaban J connectivity index is 2.14. The fourth-order valence-corrected chi connectivity index (χ4v) is 2.74. The summed E-state index contributed by atoms with van der Waals surface area (Å²) >= 11 is 0. The Kier molecular flexibility index (Phi) is 4.96. The van der Waals surface area contributed by atoms with Gasteiger partial charge in [0.05, 0.1) is 25.3 Å². The summed E-state index contributed by atoms with van der Waals surface area (Å²) in [6, 6.07) is 17.7. The largest absolute Gasteiger partial charge is 0.497 e. The van der Waals surface area contributed by atoms with Gasteiger partial charge in [0.1, 0.15) is 11.5 Å². The van der Waals surface area contributed by atoms with Crippen LogP contribution in [0.15, 0.2) is 60.8 Å². The van der Waals surface area contributed by atoms with Crippen LogP contribution in [-0.4, -0.2) is 18.7 Å². The molecule has 0 atom stereocenters. The number of aromatic nitrogens is 1. The Morgan fingerprint density at radius 2 is 1.96 bits per heavy atom. The lowest BCUT2D eigenvalue weighted by Gasteiger charge is -2.13. The number of hydrogen-bond acceptors (Lipinski definition) is 4. The fraction of sp³-hybridized carbons (Fsp3) is 0.143. The molecule has 4 heteroatoms. The molecule has 0 spiro atoms. The standard InChI is InChI=1S/C21H18N2O2/c1-3-25-19-13-17(12-18(14-19)24-2)20(8-9-22)15-6-7-21-16(11-15)5-4-10-23-21/h4-8,10-14H,3H2,1-2H3/b20-8+. The second kappa shape index (κ2) is 7.50. The van der Waals surface area contributed by atoms with Crippen molar-refractivity contribution in [2.24, 2.45) is 0 Å². The number of rotatable bonds is 5. The fourth-order valence-electron chi connectivity index (χ4n) is 2.74. The summed E-state index contributed by atoms with van der Waals surface area (Å²) in [5, 5.41) is 10.3. The lowest BCUT2D eigenvalue weighted by Crippen LogP contribution is -1.96. The second-order valence-electron chi connectivity index (χ2n) is 5.43. The van der Waals surface area contributed by atoms with Gasteiger partial charge in [-0.25, -0.2) is 0 Å². The van der Waals surface area contributed by atoms with Crippen LogP contribution in [0.25, 0.3) is 16.5 Å². The van der Waals surface area contributed by atoms with E-state index >= 15 is 0 Å². The zero-order chi connectivity index (χ0) is 17.6. The topological polar surface area (TPSA) is 55.1 Å². The van der Waals surface area contributed by atoms with Crippen LogP contribution in [0.2, 0.25) is 0 Å². The lowest BCUT2D eigenvalue weighted by atomic mass is 9.96. The lowest BCUT2D eigenvalue weighted by molar-refractivity contribution is 0.336. The number of nitriles is 1. The maximum absolute atomic E-state index is 9.27. The third kappa shape index (κ3) is 3.61. The van der Waals surface area contributed by atoms with Crippen LogP contribution >= 0.6 is 0 Å². The van der Waals surface area contributed by atoms with E-state index in [0.29, 0.717) is 18.1 Å². The molecule has 1 heterocycles. The number of allylic oxidation sites excluding steroid dienone is 1. The van der Waals surface area contributed by atoms with Crippen LogP contribution < -0.4 is 9.47 Å². The molecule has 0 aliphatic heterocycles. The number of hydrogen-bond donors (Lipinski definition) is 0. The van der Waals surface area contributed by atoms with E-state index in [0.717, 1.165) is 27.6 Å². The normalized spacial score (nSPS) is 11.2. The van der Waals surface area contributed by atoms with Gasteiger partial charge < -0.3 is 9.47 Å². The van der Waals surface area contributed by atoms with Gasteiger partial charge in [0, 0.05) is 23.7 Å². The predicted molar refractivity (Wildman–Crippen MR) is 98.6 cm³/mol. The summed E-state index contributed by atoms with van der Waals surface area (Å²) in [4.78, 5) is 4.34. The summed E-state index contributed by atoms with van der Waals surface area (Å²) in [7, 11) is 1.62. The number of nitrogens with zero attached hydrogens (tertiary/aromatic N) is 2. The van der Waals surface area contributed by atoms with E-state index in [1.165, 1.54) is 0 Å². The Bertz CT molecular complexity index is 971. The quantitative estimate of drug-likeness (QED) is 0.642. The van der Waals surface area contributed by atoms with Crippen molar-refractivity contribution in [1.82, 2.24) is 4.98 Å². The molecular formula is C21H18N2O2. The second-order valence-corrected chi connectivity index (χ2v) is 5.43. The summed E-state index contributed by atoms with van der Waals surface area (Å²) < 4.78 is 11.0. The van der Waals surface area contributed by atoms with Crippen molar-refractivity contribution in [3.05, 3.63) is 71.9 Å². The molecule has 0 radical (unpaired) electrons. The molecule has 2 aromatic carbocycles. The third-order valence-electron chi connectivity index (χ3n) is 3.86. The molecule has 4 nitrogen and oxygen atoms in total. The molecule has 124 valence electrons. The van der Waals surface area contributed by atoms with Gasteiger partial charge in [-0.2, -0.15) is 5.26 Å². The van der Waals surface area contributed by atoms with Crippen LogP contribution in [0.4, 0.5) is 0 Å². The smallest absolute Gasteiger partial charge is 0.123 e. The first kappa shape index (κ1) is 16.5. The predicted octanol–water partition coefficient (Wildman–Crippen LogP) is 4.60. The number of pyridine rings is 1. The van der Waals surface area contributed by atoms with E-state index in [-0.39, 0.29) is 0 Å². The first-order valence-corrected chi connectivity index (χ1v) is 8.02. The van der Waals surface area contributed by atoms with Crippen LogP contribution in [-0.2, 0) is 0 Å². The monoisotopic (exact) mass is 330 g/mol. The molecule has 0 saturated heterocycles. The van der Waals surface area contributed by atoms with Crippen molar-refractivity contribution >= 4 is 16.5 Å². The van der Waals surface area contributed by atoms with Crippen molar-refractivity contribution < 1.29 is 9.47 Å². The first-order chi connectivity index (χ1) is 12.2. The van der Waals surface area contributed by atoms with Crippen LogP contribution in [0.3, 0.4) is 0 Å². The SMILES string of the molecule is CCOc1cc(OC)cc(/C(=C/C#N)c2ccc3ncccc3c2)c1. The molecule has 0 aliphatic carbocycles. The van der Waals surface area contributed by atoms with Gasteiger partial charge in [-0.3, -0.25) is 4.98 Å². The zero-order valence-electron chi connectivity index (χ0n) is 14.2. The highest BCUT2D eigenvalue weighted by atomic mass is 16.5. The van der Waals surface area contributed by atoms with E-state index < -0.39 is 0 Å². The zero-order valence-corrected chi connectivity index (χ0v) is 14.2. The van der Waals surface area contributed by atoms with E-state index in [2.05, 4.69) is 11.1 Å². The highest BCUT2D eigenvalue weighted by Gasteiger charge is 2.10. The Labute approximate surface area is 147 Å². The average Bonchev–Trinajstić information content (AvgIpc) is 2.65. The number of ether oxygens (including phenoxy) is 2. The van der Waals surface area contributed by atoms with Crippen LogP contribution in [0, 0.1) is 11.3 Å². The third-order valence-corrected chi connectivity index (χ3v) is 3.86. The number of benzene rings is 2. The van der Waals surface area contributed by atoms with Crippen molar-refractivity contribution in [2.75, 3.05) is 13.7 Å². The van der Waals surface area contributed by atoms with Crippen LogP contribution in [0.1, 0.15) is 18.1 Å². The van der Waals surface area contributed by atoms with E-state index in [1.54, 1.807) is 19.4 Å². The molecule has 0 bridgehead atoms. The molecule has 0 aliphatic rings. The Hall–Kier alpha value is -3.32. The maximum atomic E-state index is 9.27. The van der Waals surface area contributed by atoms with Gasteiger partial charge in [0.15, 0.2) is 0 Å². The number of methoxy groups -OCH3 is 1. The molecule has 3 aromatic rings. The van der Waals surface area contributed by atoms with Gasteiger partial charge in [0.25, 0.3) is 0 Å². The molecule has 25 heavy (non-hydrogen) atoms. The average molecular weight is 330 g/mol. The van der Waals surface area contributed by atoms with Gasteiger partial charge in [-0.05, 0) is 54.0 Å². The minimum absolute atomic E-state index is 0.561. The molecule has 0 unspecified atom stereocenters. The Morgan fingerprint density at radius 3 is 2.72 bits per heavy atom. The minimum atomic E-state index is 0.561. The summed E-state index contributed by atoms with van der Waals surface area (Å²) in [5.74, 6) is 1.40. The van der Waals surface area contributed by atoms with Crippen molar-refractivity contribution in [3.63, 3.8) is 0 Å². The van der Waals surface area contributed by atoms with Gasteiger partial charge in [0.2, 0.25) is 0 Å². The Morgan fingerprint density at radius 1 is 1.12 bits per heavy atom. The molecule has 0 amide bonds. The summed E-state index contributed by atoms with van der Waals surface area (Å²) in [6.45, 7) is 2.49. The summed E-state index contributed by atoms with van der Waals surface area (Å²) in [6.07, 6.45) is 3.31. The van der Waals surface area contributed by atoms with E-state index in [9.17, 15) is 5.26 Å². The summed E-state index contributed by atoms with van der Waals surface area (Å²) in [5.41, 5.74) is 3.54. The van der Waals surface area contributed by atoms with Crippen LogP contribution in [0.5, 0.6) is 11.5 Å². The van der Waals surface area contributed by atoms with Gasteiger partial charge in [-0.15, -0.1) is 0 Å². The molecular weight excluding hydrogens is 312 g/mol. The number of fused-ring (bicyclic) bond motifs is 1. The van der Waals surface area contributed by atoms with E-state index in [1.807, 2.05) is 55.5 Å². The minimum Gasteiger partial charge on any atom is -0.497 e. The molecule has 0 N–H and O–H groups in total. The van der Waals surface area contributed by atoms with Crippen molar-refractivity contribution in [3.8, 4) is 17.6 Å².